The molecule has 0 radical (unpaired) electrons. The number of hydrazine groups is 1. The van der Waals surface area contributed by atoms with Crippen LogP contribution in [0.2, 0.25) is 0 Å². The van der Waals surface area contributed by atoms with Crippen molar-refractivity contribution in [3.8, 4) is 0 Å². The third-order valence-electron chi connectivity index (χ3n) is 3.83. The molecule has 3 nitrogen and oxygen atoms in total. The normalized spacial score (nSPS) is 16.8. The fourth-order valence-electron chi connectivity index (χ4n) is 2.77. The van der Waals surface area contributed by atoms with E-state index in [0.29, 0.717) is 5.92 Å². The Kier molecular flexibility index (Phi) is 4.97. The molecule has 112 valence electrons. The Hall–Kier alpha value is -1.87. The lowest BCUT2D eigenvalue weighted by Gasteiger charge is -2.33. The lowest BCUT2D eigenvalue weighted by Crippen LogP contribution is -2.39. The highest BCUT2D eigenvalue weighted by atomic mass is 15.4. The Morgan fingerprint density at radius 1 is 1.14 bits per heavy atom. The van der Waals surface area contributed by atoms with Gasteiger partial charge in [0.15, 0.2) is 0 Å². The summed E-state index contributed by atoms with van der Waals surface area (Å²) in [7, 11) is 0. The number of nitrogens with two attached hydrogens (primary N) is 1. The second kappa shape index (κ2) is 6.72. The smallest absolute Gasteiger partial charge is 0.0549 e. The minimum atomic E-state index is 0.424. The molecule has 3 rings (SSSR count). The molecule has 1 aromatic heterocycles. The summed E-state index contributed by atoms with van der Waals surface area (Å²) in [5, 5.41) is 1.86. The summed E-state index contributed by atoms with van der Waals surface area (Å²) in [5.41, 5.74) is 6.10. The molecule has 0 saturated heterocycles. The Morgan fingerprint density at radius 2 is 1.90 bits per heavy atom. The van der Waals surface area contributed by atoms with Crippen LogP contribution in [0, 0.1) is 13.8 Å². The van der Waals surface area contributed by atoms with Gasteiger partial charge in [-0.15, -0.1) is 0 Å². The third-order valence-corrected chi connectivity index (χ3v) is 3.83. The molecule has 0 bridgehead atoms. The number of pyridine rings is 1. The lowest BCUT2D eigenvalue weighted by molar-refractivity contribution is 0.617. The number of aryl methyl sites for hydroxylation is 2. The second-order valence-electron chi connectivity index (χ2n) is 5.42. The van der Waals surface area contributed by atoms with E-state index in [-0.39, 0.29) is 0 Å². The number of nitrogens with zero attached hydrogens (tertiary/aromatic N) is 2. The van der Waals surface area contributed by atoms with Crippen molar-refractivity contribution < 1.29 is 0 Å². The van der Waals surface area contributed by atoms with E-state index in [9.17, 15) is 0 Å². The zero-order valence-corrected chi connectivity index (χ0v) is 13.4. The van der Waals surface area contributed by atoms with E-state index in [2.05, 4.69) is 42.2 Å². The monoisotopic (exact) mass is 283 g/mol. The number of anilines is 1. The van der Waals surface area contributed by atoms with Gasteiger partial charge >= 0.3 is 0 Å². The minimum Gasteiger partial charge on any atom is -0.310 e. The standard InChI is InChI=1S/C16H19N3.C2H6/c1-11-3-6-16-14(7-11)8-15(10-19(16)17)13-5-4-12(2)18-9-13;1-2/h3-7,9,15H,8,10,17H2,1-2H3;1-2H3. The summed E-state index contributed by atoms with van der Waals surface area (Å²) in [6.45, 7) is 8.98. The molecule has 1 unspecified atom stereocenters. The maximum atomic E-state index is 6.17. The van der Waals surface area contributed by atoms with Crippen LogP contribution in [-0.2, 0) is 6.42 Å². The van der Waals surface area contributed by atoms with Gasteiger partial charge in [-0.05, 0) is 43.5 Å². The second-order valence-corrected chi connectivity index (χ2v) is 5.42. The van der Waals surface area contributed by atoms with Gasteiger partial charge in [0, 0.05) is 24.4 Å². The van der Waals surface area contributed by atoms with Gasteiger partial charge in [-0.25, -0.2) is 5.84 Å². The topological polar surface area (TPSA) is 42.2 Å². The third kappa shape index (κ3) is 3.42. The van der Waals surface area contributed by atoms with E-state index < -0.39 is 0 Å². The van der Waals surface area contributed by atoms with Crippen LogP contribution in [0.1, 0.15) is 42.1 Å². The van der Waals surface area contributed by atoms with Gasteiger partial charge in [-0.2, -0.15) is 0 Å². The van der Waals surface area contributed by atoms with Crippen LogP contribution in [0.3, 0.4) is 0 Å². The van der Waals surface area contributed by atoms with Crippen LogP contribution in [0.5, 0.6) is 0 Å². The largest absolute Gasteiger partial charge is 0.310 e. The Balaban J connectivity index is 0.000000774. The Labute approximate surface area is 127 Å². The molecule has 0 spiro atoms. The highest BCUT2D eigenvalue weighted by Gasteiger charge is 2.24. The fourth-order valence-corrected chi connectivity index (χ4v) is 2.77. The van der Waals surface area contributed by atoms with Gasteiger partial charge in [0.1, 0.15) is 0 Å². The molecule has 21 heavy (non-hydrogen) atoms. The van der Waals surface area contributed by atoms with Crippen LogP contribution >= 0.6 is 0 Å². The van der Waals surface area contributed by atoms with Crippen LogP contribution < -0.4 is 10.9 Å². The molecule has 0 fully saturated rings. The number of rotatable bonds is 1. The molecular formula is C18H25N3. The average Bonchev–Trinajstić information content (AvgIpc) is 2.49. The first-order valence-corrected chi connectivity index (χ1v) is 7.68. The van der Waals surface area contributed by atoms with E-state index in [1.807, 2.05) is 32.0 Å². The molecule has 3 heteroatoms. The molecule has 0 saturated carbocycles. The predicted molar refractivity (Wildman–Crippen MR) is 89.5 cm³/mol. The number of aromatic nitrogens is 1. The van der Waals surface area contributed by atoms with E-state index in [1.165, 1.54) is 16.7 Å². The maximum absolute atomic E-state index is 6.17. The summed E-state index contributed by atoms with van der Waals surface area (Å²) in [5.74, 6) is 6.59. The van der Waals surface area contributed by atoms with Gasteiger partial charge in [0.2, 0.25) is 0 Å². The van der Waals surface area contributed by atoms with Crippen molar-refractivity contribution in [1.82, 2.24) is 4.98 Å². The van der Waals surface area contributed by atoms with Crippen molar-refractivity contribution in [2.24, 2.45) is 5.84 Å². The molecule has 1 atom stereocenters. The van der Waals surface area contributed by atoms with Gasteiger partial charge < -0.3 is 5.01 Å². The fraction of sp³-hybridized carbons (Fsp3) is 0.389. The SMILES string of the molecule is CC.Cc1ccc2c(c1)CC(c1ccc(C)nc1)CN2N. The van der Waals surface area contributed by atoms with Crippen molar-refractivity contribution in [3.05, 3.63) is 58.9 Å². The first-order valence-electron chi connectivity index (χ1n) is 7.68. The Bertz CT molecular complexity index is 590. The van der Waals surface area contributed by atoms with Crippen molar-refractivity contribution in [2.75, 3.05) is 11.6 Å². The van der Waals surface area contributed by atoms with E-state index >= 15 is 0 Å². The minimum absolute atomic E-state index is 0.424. The maximum Gasteiger partial charge on any atom is 0.0549 e. The zero-order chi connectivity index (χ0) is 15.4. The quantitative estimate of drug-likeness (QED) is 0.811. The van der Waals surface area contributed by atoms with Crippen molar-refractivity contribution in [2.45, 2.75) is 40.0 Å². The zero-order valence-electron chi connectivity index (χ0n) is 13.4. The summed E-state index contributed by atoms with van der Waals surface area (Å²) < 4.78 is 0. The van der Waals surface area contributed by atoms with Crippen LogP contribution in [0.4, 0.5) is 5.69 Å². The van der Waals surface area contributed by atoms with Gasteiger partial charge in [0.25, 0.3) is 0 Å². The summed E-state index contributed by atoms with van der Waals surface area (Å²) in [4.78, 5) is 4.39. The van der Waals surface area contributed by atoms with Gasteiger partial charge in [-0.1, -0.05) is 37.6 Å². The van der Waals surface area contributed by atoms with Gasteiger partial charge in [0.05, 0.1) is 5.69 Å². The molecule has 0 aliphatic carbocycles. The first-order chi connectivity index (χ1) is 10.1. The molecule has 2 aromatic rings. The molecule has 0 amide bonds. The van der Waals surface area contributed by atoms with E-state index in [1.54, 1.807) is 0 Å². The van der Waals surface area contributed by atoms with E-state index in [0.717, 1.165) is 24.3 Å². The molecule has 1 aliphatic heterocycles. The Morgan fingerprint density at radius 3 is 2.57 bits per heavy atom. The van der Waals surface area contributed by atoms with Crippen molar-refractivity contribution in [1.29, 1.82) is 0 Å². The van der Waals surface area contributed by atoms with Crippen molar-refractivity contribution >= 4 is 5.69 Å². The van der Waals surface area contributed by atoms with Crippen LogP contribution in [0.15, 0.2) is 36.5 Å². The predicted octanol–water partition coefficient (Wildman–Crippen LogP) is 3.74. The lowest BCUT2D eigenvalue weighted by atomic mass is 9.88. The number of fused-ring (bicyclic) bond motifs is 1. The highest BCUT2D eigenvalue weighted by Crippen LogP contribution is 2.33. The first kappa shape index (κ1) is 15.5. The van der Waals surface area contributed by atoms with Crippen molar-refractivity contribution in [3.63, 3.8) is 0 Å². The summed E-state index contributed by atoms with van der Waals surface area (Å²) >= 11 is 0. The number of benzene rings is 1. The average molecular weight is 283 g/mol. The van der Waals surface area contributed by atoms with Crippen LogP contribution in [-0.4, -0.2) is 11.5 Å². The molecule has 2 heterocycles. The molecular weight excluding hydrogens is 258 g/mol. The van der Waals surface area contributed by atoms with E-state index in [4.69, 9.17) is 5.84 Å². The summed E-state index contributed by atoms with van der Waals surface area (Å²) in [6.07, 6.45) is 3.02. The molecule has 1 aliphatic rings. The van der Waals surface area contributed by atoms with Crippen LogP contribution in [0.25, 0.3) is 0 Å². The summed E-state index contributed by atoms with van der Waals surface area (Å²) in [6, 6.07) is 10.7. The molecule has 2 N–H and O–H groups in total. The number of hydrogen-bond donors (Lipinski definition) is 1. The molecule has 1 aromatic carbocycles. The number of hydrogen-bond acceptors (Lipinski definition) is 3. The highest BCUT2D eigenvalue weighted by molar-refractivity contribution is 5.57. The van der Waals surface area contributed by atoms with Gasteiger partial charge in [-0.3, -0.25) is 4.98 Å².